The molecule has 0 amide bonds. The average Bonchev–Trinajstić information content (AvgIpc) is 3.57. The van der Waals surface area contributed by atoms with E-state index < -0.39 is 37.2 Å². The van der Waals surface area contributed by atoms with Gasteiger partial charge in [0, 0.05) is 21.6 Å². The van der Waals surface area contributed by atoms with E-state index in [2.05, 4.69) is 43.3 Å². The summed E-state index contributed by atoms with van der Waals surface area (Å²) in [5, 5.41) is 11.6. The molecular formula is C43H41FO5S. The standard InChI is InChI=1S/C43H41FO5S/c1-29-21-37(46-26-30-13-5-2-6-14-30)36(24-34(29)23-35-22-33-19-11-12-20-39(33)50-35)41-43(48-28-32-17-9-4-10-18-32)42(40(44)38(25-45)49-41)47-27-31-15-7-3-8-16-31/h2-22,24,38,40-43,45H,23,25-28H2,1H3/t38-,40-,41+,42+,43+/m1/s1. The van der Waals surface area contributed by atoms with Gasteiger partial charge in [-0.15, -0.1) is 11.3 Å². The van der Waals surface area contributed by atoms with E-state index in [1.165, 1.54) is 15.0 Å². The van der Waals surface area contributed by atoms with Crippen LogP contribution in [0.2, 0.25) is 0 Å². The van der Waals surface area contributed by atoms with Crippen molar-refractivity contribution in [1.29, 1.82) is 0 Å². The van der Waals surface area contributed by atoms with E-state index in [-0.39, 0.29) is 13.2 Å². The molecule has 1 saturated heterocycles. The Morgan fingerprint density at radius 2 is 1.28 bits per heavy atom. The minimum absolute atomic E-state index is 0.185. The fraction of sp³-hybridized carbons (Fsp3) is 0.256. The maximum absolute atomic E-state index is 16.4. The van der Waals surface area contributed by atoms with Crippen molar-refractivity contribution in [3.8, 4) is 5.75 Å². The van der Waals surface area contributed by atoms with Crippen molar-refractivity contribution in [2.24, 2.45) is 0 Å². The molecule has 1 aliphatic rings. The van der Waals surface area contributed by atoms with Gasteiger partial charge >= 0.3 is 0 Å². The van der Waals surface area contributed by atoms with Crippen LogP contribution in [0.1, 0.15) is 44.4 Å². The highest BCUT2D eigenvalue weighted by atomic mass is 32.1. The molecule has 0 aliphatic carbocycles. The lowest BCUT2D eigenvalue weighted by atomic mass is 9.88. The first kappa shape index (κ1) is 34.1. The van der Waals surface area contributed by atoms with Crippen LogP contribution >= 0.6 is 11.3 Å². The van der Waals surface area contributed by atoms with Crippen molar-refractivity contribution < 1.29 is 28.4 Å². The van der Waals surface area contributed by atoms with Crippen LogP contribution < -0.4 is 4.74 Å². The van der Waals surface area contributed by atoms with Gasteiger partial charge in [-0.3, -0.25) is 0 Å². The van der Waals surface area contributed by atoms with Gasteiger partial charge in [-0.1, -0.05) is 109 Å². The SMILES string of the molecule is Cc1cc(OCc2ccccc2)c([C@@H]2O[C@H](CO)[C@@H](F)[C@H](OCc3ccccc3)[C@H]2OCc2ccccc2)cc1Cc1cc2ccccc2s1. The van der Waals surface area contributed by atoms with Crippen molar-refractivity contribution >= 4 is 21.4 Å². The lowest BCUT2D eigenvalue weighted by molar-refractivity contribution is -0.245. The van der Waals surface area contributed by atoms with Crippen LogP contribution in [0.4, 0.5) is 4.39 Å². The predicted octanol–water partition coefficient (Wildman–Crippen LogP) is 9.32. The molecule has 1 aromatic heterocycles. The summed E-state index contributed by atoms with van der Waals surface area (Å²) in [4.78, 5) is 1.24. The molecular weight excluding hydrogens is 648 g/mol. The molecule has 0 radical (unpaired) electrons. The van der Waals surface area contributed by atoms with Crippen molar-refractivity contribution in [2.45, 2.75) is 63.8 Å². The molecule has 50 heavy (non-hydrogen) atoms. The number of aryl methyl sites for hydroxylation is 1. The van der Waals surface area contributed by atoms with Gasteiger partial charge in [0.1, 0.15) is 36.8 Å². The number of aliphatic hydroxyl groups is 1. The fourth-order valence-corrected chi connectivity index (χ4v) is 7.62. The van der Waals surface area contributed by atoms with Gasteiger partial charge in [-0.25, -0.2) is 4.39 Å². The molecule has 6 aromatic rings. The summed E-state index contributed by atoms with van der Waals surface area (Å²) in [7, 11) is 0. The molecule has 0 saturated carbocycles. The molecule has 7 rings (SSSR count). The van der Waals surface area contributed by atoms with Crippen LogP contribution in [0.15, 0.2) is 133 Å². The summed E-state index contributed by atoms with van der Waals surface area (Å²) < 4.78 is 43.7. The highest BCUT2D eigenvalue weighted by molar-refractivity contribution is 7.19. The van der Waals surface area contributed by atoms with E-state index in [1.807, 2.05) is 97.1 Å². The van der Waals surface area contributed by atoms with Gasteiger partial charge in [-0.2, -0.15) is 0 Å². The number of halogens is 1. The van der Waals surface area contributed by atoms with E-state index in [0.717, 1.165) is 33.4 Å². The van der Waals surface area contributed by atoms with Gasteiger partial charge < -0.3 is 24.1 Å². The summed E-state index contributed by atoms with van der Waals surface area (Å²) in [6, 6.07) is 44.3. The first-order valence-corrected chi connectivity index (χ1v) is 17.9. The number of benzene rings is 5. The number of ether oxygens (including phenoxy) is 4. The molecule has 5 atom stereocenters. The van der Waals surface area contributed by atoms with Crippen LogP contribution in [0, 0.1) is 6.92 Å². The zero-order chi connectivity index (χ0) is 34.3. The first-order valence-electron chi connectivity index (χ1n) is 17.0. The lowest BCUT2D eigenvalue weighted by Gasteiger charge is -2.43. The second-order valence-electron chi connectivity index (χ2n) is 12.8. The molecule has 256 valence electrons. The third kappa shape index (κ3) is 7.99. The Balaban J connectivity index is 1.29. The molecule has 0 spiro atoms. The zero-order valence-corrected chi connectivity index (χ0v) is 28.8. The van der Waals surface area contributed by atoms with E-state index in [0.29, 0.717) is 18.8 Å². The normalized spacial score (nSPS) is 20.6. The van der Waals surface area contributed by atoms with Crippen molar-refractivity contribution in [3.05, 3.63) is 172 Å². The van der Waals surface area contributed by atoms with E-state index in [4.69, 9.17) is 18.9 Å². The molecule has 5 nitrogen and oxygen atoms in total. The molecule has 7 heteroatoms. The summed E-state index contributed by atoms with van der Waals surface area (Å²) in [6.45, 7) is 2.34. The minimum Gasteiger partial charge on any atom is -0.489 e. The second-order valence-corrected chi connectivity index (χ2v) is 13.9. The number of hydrogen-bond acceptors (Lipinski definition) is 6. The van der Waals surface area contributed by atoms with Crippen molar-refractivity contribution in [1.82, 2.24) is 0 Å². The minimum atomic E-state index is -1.63. The average molecular weight is 689 g/mol. The third-order valence-electron chi connectivity index (χ3n) is 9.22. The fourth-order valence-electron chi connectivity index (χ4n) is 6.53. The Labute approximate surface area is 296 Å². The lowest BCUT2D eigenvalue weighted by Crippen LogP contribution is -2.55. The van der Waals surface area contributed by atoms with Gasteiger partial charge in [0.05, 0.1) is 19.8 Å². The Hall–Kier alpha value is -4.37. The number of fused-ring (bicyclic) bond motifs is 1. The number of hydrogen-bond donors (Lipinski definition) is 1. The topological polar surface area (TPSA) is 57.2 Å². The maximum Gasteiger partial charge on any atom is 0.157 e. The Bertz CT molecular complexity index is 1930. The summed E-state index contributed by atoms with van der Waals surface area (Å²) in [5.74, 6) is 0.626. The molecule has 0 unspecified atom stereocenters. The highest BCUT2D eigenvalue weighted by Crippen LogP contribution is 2.43. The molecule has 5 aromatic carbocycles. The van der Waals surface area contributed by atoms with Gasteiger partial charge in [0.25, 0.3) is 0 Å². The first-order chi connectivity index (χ1) is 24.6. The quantitative estimate of drug-likeness (QED) is 0.131. The molecule has 0 bridgehead atoms. The van der Waals surface area contributed by atoms with Gasteiger partial charge in [-0.05, 0) is 64.4 Å². The number of rotatable bonds is 13. The second kappa shape index (κ2) is 16.1. The molecule has 1 fully saturated rings. The molecule has 1 aliphatic heterocycles. The molecule has 2 heterocycles. The smallest absolute Gasteiger partial charge is 0.157 e. The summed E-state index contributed by atoms with van der Waals surface area (Å²) >= 11 is 1.78. The van der Waals surface area contributed by atoms with Gasteiger partial charge in [0.2, 0.25) is 0 Å². The number of thiophene rings is 1. The van der Waals surface area contributed by atoms with E-state index >= 15 is 4.39 Å². The highest BCUT2D eigenvalue weighted by Gasteiger charge is 2.49. The Morgan fingerprint density at radius 3 is 1.90 bits per heavy atom. The monoisotopic (exact) mass is 688 g/mol. The maximum atomic E-state index is 16.4. The van der Waals surface area contributed by atoms with Crippen LogP contribution in [-0.2, 0) is 40.5 Å². The van der Waals surface area contributed by atoms with Crippen LogP contribution in [-0.4, -0.2) is 36.2 Å². The van der Waals surface area contributed by atoms with E-state index in [1.54, 1.807) is 11.3 Å². The van der Waals surface area contributed by atoms with E-state index in [9.17, 15) is 5.11 Å². The zero-order valence-electron chi connectivity index (χ0n) is 28.0. The third-order valence-corrected chi connectivity index (χ3v) is 10.3. The largest absolute Gasteiger partial charge is 0.489 e. The summed E-state index contributed by atoms with van der Waals surface area (Å²) in [6.07, 6.45) is -4.71. The van der Waals surface area contributed by atoms with Crippen molar-refractivity contribution in [2.75, 3.05) is 6.61 Å². The number of alkyl halides is 1. The Kier molecular flexibility index (Phi) is 11.0. The number of aliphatic hydroxyl groups excluding tert-OH is 1. The Morgan fingerprint density at radius 1 is 0.700 bits per heavy atom. The summed E-state index contributed by atoms with van der Waals surface area (Å²) in [5.41, 5.74) is 5.80. The van der Waals surface area contributed by atoms with Gasteiger partial charge in [0.15, 0.2) is 6.17 Å². The van der Waals surface area contributed by atoms with Crippen LogP contribution in [0.3, 0.4) is 0 Å². The predicted molar refractivity (Wildman–Crippen MR) is 196 cm³/mol. The van der Waals surface area contributed by atoms with Crippen LogP contribution in [0.25, 0.3) is 10.1 Å². The van der Waals surface area contributed by atoms with Crippen LogP contribution in [0.5, 0.6) is 5.75 Å². The van der Waals surface area contributed by atoms with Crippen molar-refractivity contribution in [3.63, 3.8) is 0 Å². The molecule has 1 N–H and O–H groups in total.